The van der Waals surface area contributed by atoms with Crippen molar-refractivity contribution in [2.24, 2.45) is 0 Å². The molecule has 0 spiro atoms. The summed E-state index contributed by atoms with van der Waals surface area (Å²) in [5, 5.41) is 12.2. The van der Waals surface area contributed by atoms with E-state index in [4.69, 9.17) is 14.2 Å². The summed E-state index contributed by atoms with van der Waals surface area (Å²) >= 11 is 0. The van der Waals surface area contributed by atoms with Crippen LogP contribution in [-0.2, 0) is 11.4 Å². The van der Waals surface area contributed by atoms with Crippen molar-refractivity contribution in [3.8, 4) is 17.2 Å². The quantitative estimate of drug-likeness (QED) is 0.500. The number of ether oxygens (including phenoxy) is 3. The largest absolute Gasteiger partial charge is 0.493 e. The Morgan fingerprint density at radius 3 is 2.11 bits per heavy atom. The molecule has 0 radical (unpaired) electrons. The highest BCUT2D eigenvalue weighted by Crippen LogP contribution is 2.39. The normalized spacial score (nSPS) is 10.1. The van der Waals surface area contributed by atoms with E-state index in [-0.39, 0.29) is 12.5 Å². The number of hydrogen-bond donors (Lipinski definition) is 4. The van der Waals surface area contributed by atoms with Gasteiger partial charge in [-0.2, -0.15) is 0 Å². The zero-order valence-corrected chi connectivity index (χ0v) is 15.9. The zero-order valence-electron chi connectivity index (χ0n) is 15.9. The molecule has 0 aliphatic carbocycles. The molecule has 0 aliphatic rings. The van der Waals surface area contributed by atoms with E-state index in [1.54, 1.807) is 58.6 Å². The number of hydrogen-bond acceptors (Lipinski definition) is 7. The maximum atomic E-state index is 11.7. The second-order valence-corrected chi connectivity index (χ2v) is 5.60. The van der Waals surface area contributed by atoms with Gasteiger partial charge in [-0.15, -0.1) is 0 Å². The summed E-state index contributed by atoms with van der Waals surface area (Å²) in [4.78, 5) is 11.7. The van der Waals surface area contributed by atoms with Crippen LogP contribution in [0.25, 0.3) is 0 Å². The van der Waals surface area contributed by atoms with Crippen LogP contribution in [0.5, 0.6) is 17.2 Å². The third-order valence-corrected chi connectivity index (χ3v) is 3.89. The van der Waals surface area contributed by atoms with Crippen molar-refractivity contribution in [3.05, 3.63) is 35.9 Å². The number of anilines is 3. The van der Waals surface area contributed by atoms with Gasteiger partial charge in [0.1, 0.15) is 0 Å². The van der Waals surface area contributed by atoms with Crippen LogP contribution in [0, 0.1) is 0 Å². The fraction of sp³-hybridized carbons (Fsp3) is 0.316. The first-order chi connectivity index (χ1) is 13.1. The number of aliphatic hydroxyl groups excluding tert-OH is 1. The van der Waals surface area contributed by atoms with E-state index in [0.29, 0.717) is 46.3 Å². The van der Waals surface area contributed by atoms with Gasteiger partial charge in [-0.1, -0.05) is 13.0 Å². The summed E-state index contributed by atoms with van der Waals surface area (Å²) < 4.78 is 16.0. The first-order valence-corrected chi connectivity index (χ1v) is 8.41. The first-order valence-electron chi connectivity index (χ1n) is 8.41. The van der Waals surface area contributed by atoms with Gasteiger partial charge in [0.15, 0.2) is 11.5 Å². The summed E-state index contributed by atoms with van der Waals surface area (Å²) in [6, 6.07) is 8.79. The number of carbonyl (C=O) groups excluding carboxylic acids is 1. The van der Waals surface area contributed by atoms with Crippen molar-refractivity contribution in [2.45, 2.75) is 20.0 Å². The smallest absolute Gasteiger partial charge is 0.224 e. The van der Waals surface area contributed by atoms with Gasteiger partial charge in [0.2, 0.25) is 11.7 Å². The highest BCUT2D eigenvalue weighted by molar-refractivity contribution is 5.92. The van der Waals surface area contributed by atoms with Gasteiger partial charge in [-0.3, -0.25) is 4.79 Å². The molecule has 4 N–H and O–H groups in total. The van der Waals surface area contributed by atoms with Gasteiger partial charge in [-0.25, -0.2) is 0 Å². The standard InChI is InChI=1S/C19H25N3O5/c1-5-18(24)20-15-8-13(7-6-12(15)11-23)21-22-14-9-16(25-2)19(27-4)17(10-14)26-3/h6-10,21-23H,5,11H2,1-4H3,(H,20,24). The van der Waals surface area contributed by atoms with Gasteiger partial charge in [0.05, 0.1) is 39.3 Å². The fourth-order valence-corrected chi connectivity index (χ4v) is 2.44. The fourth-order valence-electron chi connectivity index (χ4n) is 2.44. The third kappa shape index (κ3) is 4.95. The van der Waals surface area contributed by atoms with Crippen molar-refractivity contribution in [1.29, 1.82) is 0 Å². The summed E-state index contributed by atoms with van der Waals surface area (Å²) in [6.45, 7) is 1.60. The van der Waals surface area contributed by atoms with Crippen molar-refractivity contribution in [3.63, 3.8) is 0 Å². The van der Waals surface area contributed by atoms with Crippen LogP contribution in [0.1, 0.15) is 18.9 Å². The molecule has 146 valence electrons. The SMILES string of the molecule is CCC(=O)Nc1cc(NNc2cc(OC)c(OC)c(OC)c2)ccc1CO. The highest BCUT2D eigenvalue weighted by atomic mass is 16.5. The lowest BCUT2D eigenvalue weighted by Gasteiger charge is -2.17. The highest BCUT2D eigenvalue weighted by Gasteiger charge is 2.13. The zero-order chi connectivity index (χ0) is 19.8. The Morgan fingerprint density at radius 1 is 0.963 bits per heavy atom. The minimum atomic E-state index is -0.167. The molecule has 8 nitrogen and oxygen atoms in total. The second-order valence-electron chi connectivity index (χ2n) is 5.60. The van der Waals surface area contributed by atoms with E-state index in [0.717, 1.165) is 0 Å². The van der Waals surface area contributed by atoms with Crippen LogP contribution in [0.15, 0.2) is 30.3 Å². The maximum Gasteiger partial charge on any atom is 0.224 e. The Hall–Kier alpha value is -3.13. The monoisotopic (exact) mass is 375 g/mol. The molecule has 0 saturated heterocycles. The molecule has 0 aliphatic heterocycles. The molecule has 0 heterocycles. The topological polar surface area (TPSA) is 101 Å². The van der Waals surface area contributed by atoms with Crippen LogP contribution >= 0.6 is 0 Å². The van der Waals surface area contributed by atoms with Crippen LogP contribution in [0.3, 0.4) is 0 Å². The molecule has 0 aromatic heterocycles. The molecule has 2 aromatic rings. The van der Waals surface area contributed by atoms with Crippen LogP contribution < -0.4 is 30.4 Å². The van der Waals surface area contributed by atoms with Gasteiger partial charge in [-0.05, 0) is 12.1 Å². The Labute approximate surface area is 158 Å². The Balaban J connectivity index is 2.21. The van der Waals surface area contributed by atoms with Gasteiger partial charge < -0.3 is 35.5 Å². The van der Waals surface area contributed by atoms with E-state index in [1.165, 1.54) is 0 Å². The molecule has 0 saturated carbocycles. The predicted molar refractivity (Wildman–Crippen MR) is 105 cm³/mol. The minimum Gasteiger partial charge on any atom is -0.493 e. The lowest BCUT2D eigenvalue weighted by atomic mass is 10.1. The van der Waals surface area contributed by atoms with E-state index in [9.17, 15) is 9.90 Å². The molecular weight excluding hydrogens is 350 g/mol. The number of aliphatic hydroxyl groups is 1. The number of nitrogens with one attached hydrogen (secondary N) is 3. The lowest BCUT2D eigenvalue weighted by Crippen LogP contribution is -2.13. The molecule has 0 atom stereocenters. The number of methoxy groups -OCH3 is 3. The average Bonchev–Trinajstić information content (AvgIpc) is 2.71. The van der Waals surface area contributed by atoms with E-state index in [1.807, 2.05) is 0 Å². The first kappa shape index (κ1) is 20.2. The van der Waals surface area contributed by atoms with Gasteiger partial charge in [0, 0.05) is 29.8 Å². The molecule has 8 heteroatoms. The van der Waals surface area contributed by atoms with Crippen molar-refractivity contribution in [1.82, 2.24) is 0 Å². The predicted octanol–water partition coefficient (Wildman–Crippen LogP) is 2.99. The van der Waals surface area contributed by atoms with Crippen molar-refractivity contribution in [2.75, 3.05) is 37.5 Å². The van der Waals surface area contributed by atoms with E-state index >= 15 is 0 Å². The van der Waals surface area contributed by atoms with Crippen LogP contribution in [0.2, 0.25) is 0 Å². The second kappa shape index (κ2) is 9.54. The summed E-state index contributed by atoms with van der Waals surface area (Å²) in [5.41, 5.74) is 8.68. The van der Waals surface area contributed by atoms with Crippen molar-refractivity contribution >= 4 is 23.0 Å². The van der Waals surface area contributed by atoms with Crippen LogP contribution in [0.4, 0.5) is 17.1 Å². The molecule has 0 fully saturated rings. The molecule has 27 heavy (non-hydrogen) atoms. The van der Waals surface area contributed by atoms with Gasteiger partial charge in [0.25, 0.3) is 0 Å². The van der Waals surface area contributed by atoms with Crippen LogP contribution in [-0.4, -0.2) is 32.3 Å². The minimum absolute atomic E-state index is 0.126. The lowest BCUT2D eigenvalue weighted by molar-refractivity contribution is -0.115. The molecular formula is C19H25N3O5. The number of benzene rings is 2. The number of rotatable bonds is 9. The Bertz CT molecular complexity index is 770. The average molecular weight is 375 g/mol. The number of carbonyl (C=O) groups is 1. The third-order valence-electron chi connectivity index (χ3n) is 3.89. The Kier molecular flexibility index (Phi) is 7.13. The molecule has 2 rings (SSSR count). The number of amides is 1. The summed E-state index contributed by atoms with van der Waals surface area (Å²) in [5.74, 6) is 1.42. The molecule has 0 bridgehead atoms. The summed E-state index contributed by atoms with van der Waals surface area (Å²) in [7, 11) is 4.64. The summed E-state index contributed by atoms with van der Waals surface area (Å²) in [6.07, 6.45) is 0.353. The number of hydrazine groups is 1. The van der Waals surface area contributed by atoms with E-state index in [2.05, 4.69) is 16.2 Å². The van der Waals surface area contributed by atoms with Gasteiger partial charge >= 0.3 is 0 Å². The maximum absolute atomic E-state index is 11.7. The van der Waals surface area contributed by atoms with E-state index < -0.39 is 0 Å². The molecule has 1 amide bonds. The Morgan fingerprint density at radius 2 is 1.59 bits per heavy atom. The molecule has 0 unspecified atom stereocenters. The molecule has 2 aromatic carbocycles. The van der Waals surface area contributed by atoms with Crippen molar-refractivity contribution < 1.29 is 24.1 Å².